The van der Waals surface area contributed by atoms with Crippen molar-refractivity contribution in [1.82, 2.24) is 0 Å². The lowest BCUT2D eigenvalue weighted by molar-refractivity contribution is 0.660. The molecule has 4 heteroatoms. The Morgan fingerprint density at radius 2 is 1.05 bits per heavy atom. The van der Waals surface area contributed by atoms with Crippen molar-refractivity contribution in [2.24, 2.45) is 0 Å². The first-order valence-electron chi connectivity index (χ1n) is 21.4. The van der Waals surface area contributed by atoms with Gasteiger partial charge in [0.25, 0.3) is 0 Å². The van der Waals surface area contributed by atoms with Gasteiger partial charge in [-0.1, -0.05) is 141 Å². The molecule has 11 aromatic rings. The fraction of sp³-hybridized carbons (Fsp3) is 0.0690. The van der Waals surface area contributed by atoms with Crippen LogP contribution >= 0.6 is 23.1 Å². The molecule has 0 saturated heterocycles. The number of hydrogen-bond acceptors (Lipinski definition) is 4. The van der Waals surface area contributed by atoms with Crippen LogP contribution < -0.4 is 4.90 Å². The summed E-state index contributed by atoms with van der Waals surface area (Å²) >= 11 is 3.80. The number of benzene rings is 9. The molecule has 1 spiro atoms. The van der Waals surface area contributed by atoms with E-state index in [2.05, 4.69) is 201 Å². The maximum atomic E-state index is 6.57. The smallest absolute Gasteiger partial charge is 0.137 e. The van der Waals surface area contributed by atoms with Crippen LogP contribution in [-0.4, -0.2) is 0 Å². The molecule has 0 fully saturated rings. The van der Waals surface area contributed by atoms with E-state index >= 15 is 0 Å². The van der Waals surface area contributed by atoms with Crippen molar-refractivity contribution in [1.29, 1.82) is 0 Å². The van der Waals surface area contributed by atoms with Gasteiger partial charge in [-0.15, -0.1) is 11.3 Å². The number of anilines is 3. The molecular weight excluding hydrogens is 791 g/mol. The van der Waals surface area contributed by atoms with E-state index in [4.69, 9.17) is 4.42 Å². The Balaban J connectivity index is 1.04. The molecule has 0 N–H and O–H groups in total. The van der Waals surface area contributed by atoms with Gasteiger partial charge in [0.05, 0.1) is 11.1 Å². The highest BCUT2D eigenvalue weighted by Crippen LogP contribution is 2.63. The summed E-state index contributed by atoms with van der Waals surface area (Å²) in [7, 11) is 0. The molecule has 62 heavy (non-hydrogen) atoms. The van der Waals surface area contributed by atoms with E-state index in [0.29, 0.717) is 0 Å². The molecule has 3 aliphatic rings. The summed E-state index contributed by atoms with van der Waals surface area (Å²) in [6.45, 7) is 4.73. The zero-order valence-corrected chi connectivity index (χ0v) is 35.7. The van der Waals surface area contributed by atoms with Crippen LogP contribution in [0.15, 0.2) is 202 Å². The van der Waals surface area contributed by atoms with E-state index in [0.717, 1.165) is 39.0 Å². The van der Waals surface area contributed by atoms with Crippen molar-refractivity contribution in [3.05, 3.63) is 221 Å². The predicted octanol–water partition coefficient (Wildman–Crippen LogP) is 16.6. The first-order chi connectivity index (χ1) is 30.5. The molecule has 14 rings (SSSR count). The molecule has 2 aliphatic carbocycles. The minimum atomic E-state index is -0.416. The molecule has 9 aromatic carbocycles. The molecule has 0 unspecified atom stereocenters. The molecule has 2 nitrogen and oxygen atoms in total. The van der Waals surface area contributed by atoms with Gasteiger partial charge >= 0.3 is 0 Å². The van der Waals surface area contributed by atoms with Crippen molar-refractivity contribution in [2.45, 2.75) is 34.5 Å². The third kappa shape index (κ3) is 4.45. The SMILES string of the molecule is CC1(C)c2ccccc2-c2ccc(N(c3ccc4c(c3)oc3ccccc34)c3cccc4sc5cc6c(cc5c34)-c3ccccc3C63c4ccccc4Sc4ccccc43)cc21. The molecule has 1 aliphatic heterocycles. The van der Waals surface area contributed by atoms with Gasteiger partial charge < -0.3 is 9.32 Å². The quantitative estimate of drug-likeness (QED) is 0.177. The largest absolute Gasteiger partial charge is 0.456 e. The summed E-state index contributed by atoms with van der Waals surface area (Å²) in [4.78, 5) is 5.13. The number of nitrogens with zero attached hydrogens (tertiary/aromatic N) is 1. The van der Waals surface area contributed by atoms with E-state index in [1.54, 1.807) is 0 Å². The molecule has 0 atom stereocenters. The Morgan fingerprint density at radius 1 is 0.419 bits per heavy atom. The average Bonchev–Trinajstić information content (AvgIpc) is 4.02. The Hall–Kier alpha value is -6.85. The van der Waals surface area contributed by atoms with Crippen LogP contribution in [0.1, 0.15) is 47.2 Å². The highest BCUT2D eigenvalue weighted by molar-refractivity contribution is 7.99. The van der Waals surface area contributed by atoms with Gasteiger partial charge in [-0.05, 0) is 122 Å². The third-order valence-corrected chi connectivity index (χ3v) is 16.4. The van der Waals surface area contributed by atoms with Crippen LogP contribution in [0.25, 0.3) is 64.4 Å². The van der Waals surface area contributed by atoms with Crippen LogP contribution in [-0.2, 0) is 10.8 Å². The van der Waals surface area contributed by atoms with E-state index in [-0.39, 0.29) is 5.41 Å². The monoisotopic (exact) mass is 827 g/mol. The normalized spacial score (nSPS) is 14.8. The van der Waals surface area contributed by atoms with Gasteiger partial charge in [0.2, 0.25) is 0 Å². The van der Waals surface area contributed by atoms with Crippen molar-refractivity contribution in [3.8, 4) is 22.3 Å². The van der Waals surface area contributed by atoms with Gasteiger partial charge in [-0.25, -0.2) is 0 Å². The molecule has 0 saturated carbocycles. The molecule has 292 valence electrons. The Morgan fingerprint density at radius 3 is 1.85 bits per heavy atom. The summed E-state index contributed by atoms with van der Waals surface area (Å²) in [6.07, 6.45) is 0. The maximum Gasteiger partial charge on any atom is 0.137 e. The molecule has 2 aromatic heterocycles. The number of fused-ring (bicyclic) bond motifs is 18. The third-order valence-electron chi connectivity index (χ3n) is 14.1. The first kappa shape index (κ1) is 34.8. The second kappa shape index (κ2) is 12.4. The van der Waals surface area contributed by atoms with Crippen molar-refractivity contribution in [2.75, 3.05) is 4.90 Å². The number of thiophene rings is 1. The summed E-state index contributed by atoms with van der Waals surface area (Å²) in [5, 5.41) is 4.81. The fourth-order valence-electron chi connectivity index (χ4n) is 11.4. The summed E-state index contributed by atoms with van der Waals surface area (Å²) < 4.78 is 9.14. The van der Waals surface area contributed by atoms with Crippen LogP contribution in [0.4, 0.5) is 17.1 Å². The second-order valence-electron chi connectivity index (χ2n) is 17.6. The molecule has 0 bridgehead atoms. The van der Waals surface area contributed by atoms with Crippen molar-refractivity contribution in [3.63, 3.8) is 0 Å². The number of para-hydroxylation sites is 1. The number of hydrogen-bond donors (Lipinski definition) is 0. The average molecular weight is 828 g/mol. The first-order valence-corrected chi connectivity index (χ1v) is 23.0. The molecule has 3 heterocycles. The lowest BCUT2D eigenvalue weighted by Gasteiger charge is -2.39. The summed E-state index contributed by atoms with van der Waals surface area (Å²) in [5.74, 6) is 0. The van der Waals surface area contributed by atoms with Gasteiger partial charge in [-0.2, -0.15) is 0 Å². The summed E-state index contributed by atoms with van der Waals surface area (Å²) in [5.41, 5.74) is 18.0. The number of furan rings is 1. The van der Waals surface area contributed by atoms with Gasteiger partial charge in [0.15, 0.2) is 0 Å². The van der Waals surface area contributed by atoms with Crippen LogP contribution in [0.5, 0.6) is 0 Å². The Kier molecular flexibility index (Phi) is 6.95. The van der Waals surface area contributed by atoms with Crippen LogP contribution in [0.3, 0.4) is 0 Å². The lowest BCUT2D eigenvalue weighted by atomic mass is 9.67. The minimum absolute atomic E-state index is 0.143. The minimum Gasteiger partial charge on any atom is -0.456 e. The van der Waals surface area contributed by atoms with Crippen molar-refractivity contribution < 1.29 is 4.42 Å². The van der Waals surface area contributed by atoms with Gasteiger partial charge in [0.1, 0.15) is 11.2 Å². The highest BCUT2D eigenvalue weighted by Gasteiger charge is 2.50. The Bertz CT molecular complexity index is 3690. The van der Waals surface area contributed by atoms with Crippen LogP contribution in [0.2, 0.25) is 0 Å². The predicted molar refractivity (Wildman–Crippen MR) is 260 cm³/mol. The maximum absolute atomic E-state index is 6.57. The standard InChI is InChI=1S/C58H37NOS2/c1-57(2)43-17-6-3-14-36(43)38-28-26-34(30-47(38)57)59(35-27-29-40-39-16-5-10-22-50(39)60-51(40)31-35)49-21-13-25-54-56(49)42-32-41-37-15-4-7-18-44(37)58(48(41)33-55(42)62-54)45-19-8-11-23-52(45)61-53-24-12-9-20-46(53)58/h3-33H,1-2H3. The van der Waals surface area contributed by atoms with E-state index < -0.39 is 5.41 Å². The zero-order valence-electron chi connectivity index (χ0n) is 34.1. The molecule has 0 amide bonds. The fourth-order valence-corrected chi connectivity index (χ4v) is 13.8. The second-order valence-corrected chi connectivity index (χ2v) is 19.7. The summed E-state index contributed by atoms with van der Waals surface area (Å²) in [6, 6.07) is 70.4. The van der Waals surface area contributed by atoms with Crippen molar-refractivity contribution >= 4 is 82.3 Å². The Labute approximate surface area is 367 Å². The molecular formula is C58H37NOS2. The van der Waals surface area contributed by atoms with Gasteiger partial charge in [-0.3, -0.25) is 0 Å². The highest BCUT2D eigenvalue weighted by atomic mass is 32.2. The van der Waals surface area contributed by atoms with Crippen LogP contribution in [0, 0.1) is 0 Å². The van der Waals surface area contributed by atoms with Gasteiger partial charge in [0, 0.05) is 63.6 Å². The van der Waals surface area contributed by atoms with E-state index in [9.17, 15) is 0 Å². The topological polar surface area (TPSA) is 16.4 Å². The van der Waals surface area contributed by atoms with E-state index in [1.165, 1.54) is 85.6 Å². The lowest BCUT2D eigenvalue weighted by Crippen LogP contribution is -2.31. The number of rotatable bonds is 3. The van der Waals surface area contributed by atoms with E-state index in [1.807, 2.05) is 29.2 Å². The molecule has 0 radical (unpaired) electrons. The zero-order chi connectivity index (χ0) is 40.9.